The molecule has 1 aromatic rings. The van der Waals surface area contributed by atoms with Crippen molar-refractivity contribution in [1.29, 1.82) is 0 Å². The Bertz CT molecular complexity index is 434. The summed E-state index contributed by atoms with van der Waals surface area (Å²) in [5.74, 6) is 0.300. The largest absolute Gasteiger partial charge is 0.507 e. The summed E-state index contributed by atoms with van der Waals surface area (Å²) in [5.41, 5.74) is 2.12. The first-order valence-corrected chi connectivity index (χ1v) is 7.10. The van der Waals surface area contributed by atoms with Gasteiger partial charge in [-0.15, -0.1) is 0 Å². The van der Waals surface area contributed by atoms with E-state index in [2.05, 4.69) is 11.4 Å². The first kappa shape index (κ1) is 13.9. The fraction of sp³-hybridized carbons (Fsp3) is 0.500. The average molecular weight is 261 g/mol. The van der Waals surface area contributed by atoms with Crippen LogP contribution >= 0.6 is 0 Å². The predicted octanol–water partition coefficient (Wildman–Crippen LogP) is 3.64. The van der Waals surface area contributed by atoms with Gasteiger partial charge in [-0.2, -0.15) is 0 Å². The van der Waals surface area contributed by atoms with E-state index in [9.17, 15) is 10.2 Å². The smallest absolute Gasteiger partial charge is 0.124 e. The molecule has 0 bridgehead atoms. The third kappa shape index (κ3) is 3.74. The summed E-state index contributed by atoms with van der Waals surface area (Å²) >= 11 is 0. The van der Waals surface area contributed by atoms with Crippen LogP contribution in [0, 0.1) is 0 Å². The summed E-state index contributed by atoms with van der Waals surface area (Å²) in [6, 6.07) is 4.81. The number of rotatable bonds is 5. The zero-order chi connectivity index (χ0) is 13.7. The quantitative estimate of drug-likeness (QED) is 0.709. The van der Waals surface area contributed by atoms with E-state index >= 15 is 0 Å². The fourth-order valence-electron chi connectivity index (χ4n) is 2.67. The van der Waals surface area contributed by atoms with Crippen LogP contribution in [-0.2, 0) is 0 Å². The van der Waals surface area contributed by atoms with E-state index in [0.29, 0.717) is 5.56 Å². The van der Waals surface area contributed by atoms with Crippen LogP contribution in [0.15, 0.2) is 29.8 Å². The van der Waals surface area contributed by atoms with Crippen molar-refractivity contribution in [2.24, 2.45) is 0 Å². The van der Waals surface area contributed by atoms with E-state index in [-0.39, 0.29) is 17.5 Å². The Hall–Kier alpha value is -1.48. The molecule has 1 atom stereocenters. The SMILES string of the molecule is CC(NCCC1=CCCCC1)c1c(O)cccc1O. The minimum atomic E-state index is -0.0506. The Kier molecular flexibility index (Phi) is 4.86. The van der Waals surface area contributed by atoms with Crippen LogP contribution in [0.1, 0.15) is 50.6 Å². The van der Waals surface area contributed by atoms with Gasteiger partial charge in [0.05, 0.1) is 5.56 Å². The number of benzene rings is 1. The van der Waals surface area contributed by atoms with Gasteiger partial charge in [-0.3, -0.25) is 0 Å². The summed E-state index contributed by atoms with van der Waals surface area (Å²) in [4.78, 5) is 0. The molecule has 0 radical (unpaired) electrons. The minimum absolute atomic E-state index is 0.0506. The Labute approximate surface area is 115 Å². The molecule has 104 valence electrons. The molecule has 1 unspecified atom stereocenters. The molecule has 1 aliphatic carbocycles. The minimum Gasteiger partial charge on any atom is -0.507 e. The second-order valence-electron chi connectivity index (χ2n) is 5.24. The van der Waals surface area contributed by atoms with Crippen molar-refractivity contribution in [2.45, 2.75) is 45.1 Å². The van der Waals surface area contributed by atoms with E-state index in [4.69, 9.17) is 0 Å². The maximum atomic E-state index is 9.80. The van der Waals surface area contributed by atoms with Crippen molar-refractivity contribution in [3.05, 3.63) is 35.4 Å². The molecule has 0 aliphatic heterocycles. The van der Waals surface area contributed by atoms with E-state index in [1.807, 2.05) is 6.92 Å². The van der Waals surface area contributed by atoms with Crippen molar-refractivity contribution in [2.75, 3.05) is 6.54 Å². The van der Waals surface area contributed by atoms with Gasteiger partial charge in [0.15, 0.2) is 0 Å². The summed E-state index contributed by atoms with van der Waals surface area (Å²) in [5, 5.41) is 23.0. The molecule has 0 aromatic heterocycles. The van der Waals surface area contributed by atoms with Gasteiger partial charge in [0.2, 0.25) is 0 Å². The zero-order valence-electron chi connectivity index (χ0n) is 11.5. The number of allylic oxidation sites excluding steroid dienone is 1. The normalized spacial score (nSPS) is 17.0. The monoisotopic (exact) mass is 261 g/mol. The van der Waals surface area contributed by atoms with Crippen molar-refractivity contribution < 1.29 is 10.2 Å². The van der Waals surface area contributed by atoms with Gasteiger partial charge in [-0.05, 0) is 57.7 Å². The second kappa shape index (κ2) is 6.62. The highest BCUT2D eigenvalue weighted by Gasteiger charge is 2.14. The molecular formula is C16H23NO2. The molecule has 1 aliphatic rings. The molecule has 3 N–H and O–H groups in total. The molecule has 0 spiro atoms. The molecule has 3 heteroatoms. The van der Waals surface area contributed by atoms with Crippen molar-refractivity contribution >= 4 is 0 Å². The van der Waals surface area contributed by atoms with Crippen molar-refractivity contribution in [3.8, 4) is 11.5 Å². The molecule has 0 heterocycles. The van der Waals surface area contributed by atoms with Gasteiger partial charge in [-0.25, -0.2) is 0 Å². The van der Waals surface area contributed by atoms with Crippen LogP contribution in [0.4, 0.5) is 0 Å². The Morgan fingerprint density at radius 3 is 2.58 bits per heavy atom. The van der Waals surface area contributed by atoms with Gasteiger partial charge in [0.1, 0.15) is 11.5 Å². The second-order valence-corrected chi connectivity index (χ2v) is 5.24. The predicted molar refractivity (Wildman–Crippen MR) is 77.4 cm³/mol. The lowest BCUT2D eigenvalue weighted by Gasteiger charge is -2.18. The molecular weight excluding hydrogens is 238 g/mol. The van der Waals surface area contributed by atoms with Crippen LogP contribution < -0.4 is 5.32 Å². The van der Waals surface area contributed by atoms with Crippen molar-refractivity contribution in [1.82, 2.24) is 5.32 Å². The Balaban J connectivity index is 1.87. The maximum absolute atomic E-state index is 9.80. The van der Waals surface area contributed by atoms with E-state index < -0.39 is 0 Å². The van der Waals surface area contributed by atoms with Crippen molar-refractivity contribution in [3.63, 3.8) is 0 Å². The van der Waals surface area contributed by atoms with Gasteiger partial charge < -0.3 is 15.5 Å². The Morgan fingerprint density at radius 2 is 1.95 bits per heavy atom. The molecule has 0 saturated carbocycles. The lowest BCUT2D eigenvalue weighted by molar-refractivity contribution is 0.419. The van der Waals surface area contributed by atoms with Crippen LogP contribution in [0.25, 0.3) is 0 Å². The standard InChI is InChI=1S/C16H23NO2/c1-12(16-14(18)8-5-9-15(16)19)17-11-10-13-6-3-2-4-7-13/h5-6,8-9,12,17-19H,2-4,7,10-11H2,1H3. The van der Waals surface area contributed by atoms with Crippen LogP contribution in [0.5, 0.6) is 11.5 Å². The molecule has 0 amide bonds. The average Bonchev–Trinajstić information content (AvgIpc) is 2.40. The van der Waals surface area contributed by atoms with E-state index in [1.165, 1.54) is 31.3 Å². The number of hydrogen-bond acceptors (Lipinski definition) is 3. The summed E-state index contributed by atoms with van der Waals surface area (Å²) < 4.78 is 0. The van der Waals surface area contributed by atoms with E-state index in [1.54, 1.807) is 18.2 Å². The van der Waals surface area contributed by atoms with Gasteiger partial charge in [-0.1, -0.05) is 17.7 Å². The third-order valence-electron chi connectivity index (χ3n) is 3.77. The molecule has 3 nitrogen and oxygen atoms in total. The summed E-state index contributed by atoms with van der Waals surface area (Å²) in [6.07, 6.45) is 8.47. The van der Waals surface area contributed by atoms with Crippen LogP contribution in [-0.4, -0.2) is 16.8 Å². The zero-order valence-corrected chi connectivity index (χ0v) is 11.5. The van der Waals surface area contributed by atoms with E-state index in [0.717, 1.165) is 13.0 Å². The first-order valence-electron chi connectivity index (χ1n) is 7.10. The molecule has 0 saturated heterocycles. The number of phenolic OH excluding ortho intramolecular Hbond substituents is 2. The summed E-state index contributed by atoms with van der Waals surface area (Å²) in [7, 11) is 0. The fourth-order valence-corrected chi connectivity index (χ4v) is 2.67. The molecule has 19 heavy (non-hydrogen) atoms. The Morgan fingerprint density at radius 1 is 1.21 bits per heavy atom. The molecule has 0 fully saturated rings. The highest BCUT2D eigenvalue weighted by atomic mass is 16.3. The third-order valence-corrected chi connectivity index (χ3v) is 3.77. The van der Waals surface area contributed by atoms with Gasteiger partial charge in [0.25, 0.3) is 0 Å². The van der Waals surface area contributed by atoms with Gasteiger partial charge >= 0.3 is 0 Å². The summed E-state index contributed by atoms with van der Waals surface area (Å²) in [6.45, 7) is 2.84. The maximum Gasteiger partial charge on any atom is 0.124 e. The number of hydrogen-bond donors (Lipinski definition) is 3. The number of aromatic hydroxyl groups is 2. The number of phenols is 2. The first-order chi connectivity index (χ1) is 9.18. The number of nitrogens with one attached hydrogen (secondary N) is 1. The van der Waals surface area contributed by atoms with Crippen LogP contribution in [0.3, 0.4) is 0 Å². The lowest BCUT2D eigenvalue weighted by atomic mass is 9.97. The van der Waals surface area contributed by atoms with Crippen LogP contribution in [0.2, 0.25) is 0 Å². The highest BCUT2D eigenvalue weighted by Crippen LogP contribution is 2.32. The van der Waals surface area contributed by atoms with Gasteiger partial charge in [0, 0.05) is 6.04 Å². The molecule has 1 aromatic carbocycles. The lowest BCUT2D eigenvalue weighted by Crippen LogP contribution is -2.20. The molecule has 2 rings (SSSR count). The topological polar surface area (TPSA) is 52.5 Å². The highest BCUT2D eigenvalue weighted by molar-refractivity contribution is 5.44.